The highest BCUT2D eigenvalue weighted by atomic mass is 16.1. The fourth-order valence-electron chi connectivity index (χ4n) is 1.94. The molecule has 0 unspecified atom stereocenters. The van der Waals surface area contributed by atoms with E-state index in [4.69, 9.17) is 0 Å². The molecule has 0 fully saturated rings. The maximum absolute atomic E-state index is 11.3. The molecule has 0 aliphatic rings. The van der Waals surface area contributed by atoms with Crippen LogP contribution in [0.1, 0.15) is 52.3 Å². The van der Waals surface area contributed by atoms with Crippen LogP contribution in [-0.4, -0.2) is 16.5 Å². The van der Waals surface area contributed by atoms with Gasteiger partial charge in [-0.25, -0.2) is 4.98 Å². The van der Waals surface area contributed by atoms with E-state index in [9.17, 15) is 4.79 Å². The molecule has 0 saturated carbocycles. The summed E-state index contributed by atoms with van der Waals surface area (Å²) in [6.07, 6.45) is 4.98. The van der Waals surface area contributed by atoms with Crippen molar-refractivity contribution in [1.82, 2.24) is 9.97 Å². The smallest absolute Gasteiger partial charge is 0.252 e. The van der Waals surface area contributed by atoms with Gasteiger partial charge in [-0.15, -0.1) is 0 Å². The molecule has 0 radical (unpaired) electrons. The largest absolute Gasteiger partial charge is 0.369 e. The molecule has 0 aliphatic carbocycles. The summed E-state index contributed by atoms with van der Waals surface area (Å²) >= 11 is 0. The molecular formula is C14H25N3O. The Hall–Kier alpha value is -1.32. The van der Waals surface area contributed by atoms with Gasteiger partial charge < -0.3 is 10.3 Å². The number of rotatable bonds is 7. The molecule has 102 valence electrons. The summed E-state index contributed by atoms with van der Waals surface area (Å²) in [7, 11) is 0. The lowest BCUT2D eigenvalue weighted by molar-refractivity contribution is 0.342. The summed E-state index contributed by atoms with van der Waals surface area (Å²) in [6, 6.07) is 1.51. The average molecular weight is 251 g/mol. The molecule has 0 atom stereocenters. The standard InChI is InChI=1S/C14H25N3O/c1-5-6-7-8-14(3,4)10-15-12-9-13(18)17-11(2)16-12/h9H,5-8,10H2,1-4H3,(H2,15,16,17,18). The Morgan fingerprint density at radius 1 is 1.39 bits per heavy atom. The molecule has 0 bridgehead atoms. The van der Waals surface area contributed by atoms with Crippen molar-refractivity contribution in [1.29, 1.82) is 0 Å². The number of H-pyrrole nitrogens is 1. The molecule has 1 heterocycles. The summed E-state index contributed by atoms with van der Waals surface area (Å²) in [5.74, 6) is 1.31. The first kappa shape index (κ1) is 14.7. The minimum Gasteiger partial charge on any atom is -0.369 e. The Balaban J connectivity index is 2.50. The zero-order valence-electron chi connectivity index (χ0n) is 12.0. The minimum absolute atomic E-state index is 0.103. The van der Waals surface area contributed by atoms with Crippen LogP contribution < -0.4 is 10.9 Å². The van der Waals surface area contributed by atoms with Crippen molar-refractivity contribution in [3.63, 3.8) is 0 Å². The number of aromatic amines is 1. The molecule has 4 heteroatoms. The molecule has 0 aliphatic heterocycles. The van der Waals surface area contributed by atoms with E-state index in [0.717, 1.165) is 6.54 Å². The topological polar surface area (TPSA) is 57.8 Å². The molecule has 4 nitrogen and oxygen atoms in total. The second-order valence-corrected chi connectivity index (χ2v) is 5.69. The highest BCUT2D eigenvalue weighted by molar-refractivity contribution is 5.33. The van der Waals surface area contributed by atoms with Gasteiger partial charge in [-0.05, 0) is 18.8 Å². The van der Waals surface area contributed by atoms with Crippen molar-refractivity contribution in [3.8, 4) is 0 Å². The van der Waals surface area contributed by atoms with Crippen molar-refractivity contribution in [3.05, 3.63) is 22.2 Å². The fraction of sp³-hybridized carbons (Fsp3) is 0.714. The Labute approximate surface area is 109 Å². The van der Waals surface area contributed by atoms with Crippen LogP contribution in [0.4, 0.5) is 5.82 Å². The van der Waals surface area contributed by atoms with Gasteiger partial charge in [0.25, 0.3) is 5.56 Å². The van der Waals surface area contributed by atoms with E-state index in [2.05, 4.69) is 36.1 Å². The SMILES string of the molecule is CCCCCC(C)(C)CNc1cc(=O)[nH]c(C)n1. The van der Waals surface area contributed by atoms with Gasteiger partial charge in [-0.1, -0.05) is 40.0 Å². The molecule has 0 aromatic carbocycles. The van der Waals surface area contributed by atoms with Crippen molar-refractivity contribution in [2.24, 2.45) is 5.41 Å². The third-order valence-electron chi connectivity index (χ3n) is 3.07. The van der Waals surface area contributed by atoms with E-state index in [-0.39, 0.29) is 11.0 Å². The van der Waals surface area contributed by atoms with Crippen LogP contribution in [0.15, 0.2) is 10.9 Å². The maximum atomic E-state index is 11.3. The van der Waals surface area contributed by atoms with Crippen LogP contribution in [0.25, 0.3) is 0 Å². The summed E-state index contributed by atoms with van der Waals surface area (Å²) < 4.78 is 0. The van der Waals surface area contributed by atoms with E-state index < -0.39 is 0 Å². The Morgan fingerprint density at radius 3 is 2.72 bits per heavy atom. The number of hydrogen-bond acceptors (Lipinski definition) is 3. The molecule has 1 aromatic heterocycles. The second-order valence-electron chi connectivity index (χ2n) is 5.69. The molecule has 1 rings (SSSR count). The van der Waals surface area contributed by atoms with Crippen molar-refractivity contribution < 1.29 is 0 Å². The van der Waals surface area contributed by atoms with E-state index >= 15 is 0 Å². The fourth-order valence-corrected chi connectivity index (χ4v) is 1.94. The summed E-state index contributed by atoms with van der Waals surface area (Å²) in [5.41, 5.74) is 0.127. The third kappa shape index (κ3) is 5.34. The van der Waals surface area contributed by atoms with Crippen LogP contribution in [0.5, 0.6) is 0 Å². The highest BCUT2D eigenvalue weighted by Crippen LogP contribution is 2.23. The maximum Gasteiger partial charge on any atom is 0.252 e. The molecule has 2 N–H and O–H groups in total. The van der Waals surface area contributed by atoms with E-state index in [1.165, 1.54) is 31.7 Å². The lowest BCUT2D eigenvalue weighted by Crippen LogP contribution is -2.24. The highest BCUT2D eigenvalue weighted by Gasteiger charge is 2.17. The van der Waals surface area contributed by atoms with E-state index in [1.807, 2.05) is 0 Å². The first-order chi connectivity index (χ1) is 8.43. The summed E-state index contributed by atoms with van der Waals surface area (Å²) in [6.45, 7) is 9.34. The quantitative estimate of drug-likeness (QED) is 0.732. The molecular weight excluding hydrogens is 226 g/mol. The van der Waals surface area contributed by atoms with Gasteiger partial charge in [-0.3, -0.25) is 4.79 Å². The molecule has 1 aromatic rings. The normalized spacial score (nSPS) is 11.6. The molecule has 0 spiro atoms. The molecule has 18 heavy (non-hydrogen) atoms. The predicted molar refractivity (Wildman–Crippen MR) is 76.0 cm³/mol. The third-order valence-corrected chi connectivity index (χ3v) is 3.07. The summed E-state index contributed by atoms with van der Waals surface area (Å²) in [5, 5.41) is 3.26. The number of aromatic nitrogens is 2. The van der Waals surface area contributed by atoms with Crippen molar-refractivity contribution in [2.75, 3.05) is 11.9 Å². The van der Waals surface area contributed by atoms with Crippen LogP contribution in [0, 0.1) is 12.3 Å². The van der Waals surface area contributed by atoms with Gasteiger partial charge in [0, 0.05) is 12.6 Å². The van der Waals surface area contributed by atoms with Crippen LogP contribution in [-0.2, 0) is 0 Å². The van der Waals surface area contributed by atoms with Gasteiger partial charge in [0.2, 0.25) is 0 Å². The monoisotopic (exact) mass is 251 g/mol. The van der Waals surface area contributed by atoms with Gasteiger partial charge in [0.05, 0.1) is 0 Å². The first-order valence-corrected chi connectivity index (χ1v) is 6.75. The lowest BCUT2D eigenvalue weighted by atomic mass is 9.87. The number of hydrogen-bond donors (Lipinski definition) is 2. The first-order valence-electron chi connectivity index (χ1n) is 6.75. The van der Waals surface area contributed by atoms with Gasteiger partial charge in [-0.2, -0.15) is 0 Å². The Morgan fingerprint density at radius 2 is 2.11 bits per heavy atom. The second kappa shape index (κ2) is 6.57. The van der Waals surface area contributed by atoms with Gasteiger partial charge >= 0.3 is 0 Å². The number of aryl methyl sites for hydroxylation is 1. The van der Waals surface area contributed by atoms with E-state index in [0.29, 0.717) is 11.6 Å². The molecule has 0 saturated heterocycles. The van der Waals surface area contributed by atoms with Gasteiger partial charge in [0.15, 0.2) is 0 Å². The molecule has 0 amide bonds. The van der Waals surface area contributed by atoms with Crippen molar-refractivity contribution >= 4 is 5.82 Å². The zero-order valence-corrected chi connectivity index (χ0v) is 12.0. The Bertz CT molecular complexity index is 423. The number of anilines is 1. The predicted octanol–water partition coefficient (Wildman–Crippen LogP) is 3.10. The van der Waals surface area contributed by atoms with Crippen LogP contribution in [0.2, 0.25) is 0 Å². The number of nitrogens with zero attached hydrogens (tertiary/aromatic N) is 1. The average Bonchev–Trinajstić information content (AvgIpc) is 2.25. The minimum atomic E-state index is -0.103. The van der Waals surface area contributed by atoms with E-state index in [1.54, 1.807) is 6.92 Å². The Kier molecular flexibility index (Phi) is 5.38. The number of nitrogens with one attached hydrogen (secondary N) is 2. The van der Waals surface area contributed by atoms with Crippen LogP contribution >= 0.6 is 0 Å². The van der Waals surface area contributed by atoms with Crippen LogP contribution in [0.3, 0.4) is 0 Å². The number of unbranched alkanes of at least 4 members (excludes halogenated alkanes) is 2. The zero-order chi connectivity index (χ0) is 13.6. The summed E-state index contributed by atoms with van der Waals surface area (Å²) in [4.78, 5) is 18.2. The van der Waals surface area contributed by atoms with Gasteiger partial charge in [0.1, 0.15) is 11.6 Å². The van der Waals surface area contributed by atoms with Crippen molar-refractivity contribution in [2.45, 2.75) is 53.4 Å². The lowest BCUT2D eigenvalue weighted by Gasteiger charge is -2.25.